The van der Waals surface area contributed by atoms with Crippen molar-refractivity contribution in [2.24, 2.45) is 0 Å². The van der Waals surface area contributed by atoms with Crippen molar-refractivity contribution in [1.29, 1.82) is 0 Å². The van der Waals surface area contributed by atoms with Gasteiger partial charge in [0.15, 0.2) is 0 Å². The maximum absolute atomic E-state index is 12.0. The predicted octanol–water partition coefficient (Wildman–Crippen LogP) is 0.0171. The van der Waals surface area contributed by atoms with E-state index < -0.39 is 40.0 Å². The number of aliphatic hydroxyl groups excluding tert-OH is 1. The van der Waals surface area contributed by atoms with Crippen molar-refractivity contribution in [2.75, 3.05) is 6.54 Å². The summed E-state index contributed by atoms with van der Waals surface area (Å²) in [5, 5.41) is 28.4. The lowest BCUT2D eigenvalue weighted by atomic mass is 10.2. The molecule has 3 N–H and O–H groups in total. The molecule has 1 aromatic rings. The number of carbonyl (C=O) groups is 1. The van der Waals surface area contributed by atoms with Gasteiger partial charge >= 0.3 is 5.97 Å². The molecule has 0 unspecified atom stereocenters. The first-order valence-corrected chi connectivity index (χ1v) is 7.26. The Morgan fingerprint density at radius 2 is 2.10 bits per heavy atom. The highest BCUT2D eigenvalue weighted by molar-refractivity contribution is 7.89. The van der Waals surface area contributed by atoms with E-state index in [1.165, 1.54) is 19.1 Å². The predicted molar refractivity (Wildman–Crippen MR) is 71.3 cm³/mol. The number of nitro benzene ring substituents is 1. The number of nitrogens with one attached hydrogen (secondary N) is 1. The summed E-state index contributed by atoms with van der Waals surface area (Å²) in [6.07, 6.45) is -2.01. The van der Waals surface area contributed by atoms with Crippen molar-refractivity contribution in [3.63, 3.8) is 0 Å². The molecule has 0 aliphatic carbocycles. The molecule has 116 valence electrons. The number of aliphatic hydroxyl groups is 1. The van der Waals surface area contributed by atoms with Crippen LogP contribution < -0.4 is 4.72 Å². The second kappa shape index (κ2) is 6.61. The number of non-ortho nitro benzene ring substituents is 1. The van der Waals surface area contributed by atoms with Crippen LogP contribution in [0.2, 0.25) is 0 Å². The maximum atomic E-state index is 12.0. The van der Waals surface area contributed by atoms with Crippen molar-refractivity contribution in [2.45, 2.75) is 24.3 Å². The zero-order valence-corrected chi connectivity index (χ0v) is 11.8. The number of aliphatic carboxylic acids is 1. The van der Waals surface area contributed by atoms with Crippen LogP contribution in [-0.2, 0) is 14.8 Å². The summed E-state index contributed by atoms with van der Waals surface area (Å²) in [5.74, 6) is -1.27. The summed E-state index contributed by atoms with van der Waals surface area (Å²) in [4.78, 5) is 20.0. The number of benzene rings is 1. The van der Waals surface area contributed by atoms with E-state index in [1.54, 1.807) is 0 Å². The Morgan fingerprint density at radius 3 is 2.62 bits per heavy atom. The Morgan fingerprint density at radius 1 is 1.48 bits per heavy atom. The number of aryl methyl sites for hydroxylation is 1. The van der Waals surface area contributed by atoms with Gasteiger partial charge in [-0.15, -0.1) is 0 Å². The third kappa shape index (κ3) is 4.77. The second-order valence-electron chi connectivity index (χ2n) is 4.31. The van der Waals surface area contributed by atoms with Crippen LogP contribution in [0.3, 0.4) is 0 Å². The van der Waals surface area contributed by atoms with Crippen molar-refractivity contribution >= 4 is 21.7 Å². The van der Waals surface area contributed by atoms with Gasteiger partial charge in [-0.1, -0.05) is 6.07 Å². The zero-order valence-electron chi connectivity index (χ0n) is 11.0. The average molecular weight is 318 g/mol. The summed E-state index contributed by atoms with van der Waals surface area (Å²) in [7, 11) is -4.09. The third-order valence-corrected chi connectivity index (χ3v) is 4.16. The monoisotopic (exact) mass is 318 g/mol. The molecule has 0 fully saturated rings. The first-order chi connectivity index (χ1) is 9.63. The number of hydrogen-bond donors (Lipinski definition) is 3. The zero-order chi connectivity index (χ0) is 16.2. The molecule has 0 radical (unpaired) electrons. The molecular weight excluding hydrogens is 304 g/mol. The van der Waals surface area contributed by atoms with E-state index >= 15 is 0 Å². The van der Waals surface area contributed by atoms with Crippen LogP contribution in [0.4, 0.5) is 5.69 Å². The Kier molecular flexibility index (Phi) is 5.35. The largest absolute Gasteiger partial charge is 0.481 e. The fraction of sp³-hybridized carbons (Fsp3) is 0.364. The van der Waals surface area contributed by atoms with Crippen LogP contribution in [0.25, 0.3) is 0 Å². The minimum Gasteiger partial charge on any atom is -0.481 e. The molecule has 10 heteroatoms. The van der Waals surface area contributed by atoms with Crippen molar-refractivity contribution < 1.29 is 28.3 Å². The minimum absolute atomic E-state index is 0.292. The van der Waals surface area contributed by atoms with E-state index in [0.29, 0.717) is 5.56 Å². The molecule has 1 atom stereocenters. The number of nitro groups is 1. The molecule has 0 heterocycles. The van der Waals surface area contributed by atoms with Gasteiger partial charge in [-0.3, -0.25) is 14.9 Å². The fourth-order valence-electron chi connectivity index (χ4n) is 1.55. The summed E-state index contributed by atoms with van der Waals surface area (Å²) in [6, 6.07) is 3.37. The lowest BCUT2D eigenvalue weighted by Crippen LogP contribution is -2.33. The van der Waals surface area contributed by atoms with E-state index in [0.717, 1.165) is 6.07 Å². The minimum atomic E-state index is -4.09. The number of carboxylic acids is 1. The maximum Gasteiger partial charge on any atom is 0.306 e. The van der Waals surface area contributed by atoms with E-state index in [4.69, 9.17) is 5.11 Å². The van der Waals surface area contributed by atoms with Gasteiger partial charge in [-0.25, -0.2) is 13.1 Å². The highest BCUT2D eigenvalue weighted by atomic mass is 32.2. The summed E-state index contributed by atoms with van der Waals surface area (Å²) in [5.41, 5.74) is -0.0899. The van der Waals surface area contributed by atoms with E-state index in [2.05, 4.69) is 0 Å². The Bertz CT molecular complexity index is 657. The molecule has 0 amide bonds. The number of hydrogen-bond acceptors (Lipinski definition) is 6. The van der Waals surface area contributed by atoms with E-state index in [1.807, 2.05) is 4.72 Å². The SMILES string of the molecule is Cc1ccc([N+](=O)[O-])cc1S(=O)(=O)NC[C@@H](O)CC(=O)O. The summed E-state index contributed by atoms with van der Waals surface area (Å²) in [6.45, 7) is 0.961. The smallest absolute Gasteiger partial charge is 0.306 e. The van der Waals surface area contributed by atoms with Crippen LogP contribution in [0.15, 0.2) is 23.1 Å². The molecule has 21 heavy (non-hydrogen) atoms. The molecule has 1 rings (SSSR count). The number of sulfonamides is 1. The molecular formula is C11H14N2O7S. The molecule has 0 saturated carbocycles. The topological polar surface area (TPSA) is 147 Å². The lowest BCUT2D eigenvalue weighted by molar-refractivity contribution is -0.385. The Labute approximate surface area is 120 Å². The summed E-state index contributed by atoms with van der Waals surface area (Å²) >= 11 is 0. The molecule has 9 nitrogen and oxygen atoms in total. The fourth-order valence-corrected chi connectivity index (χ4v) is 2.88. The number of rotatable bonds is 7. The van der Waals surface area contributed by atoms with Gasteiger partial charge in [0.1, 0.15) is 0 Å². The third-order valence-electron chi connectivity index (χ3n) is 2.59. The van der Waals surface area contributed by atoms with Crippen molar-refractivity contribution in [3.05, 3.63) is 33.9 Å². The van der Waals surface area contributed by atoms with Gasteiger partial charge < -0.3 is 10.2 Å². The van der Waals surface area contributed by atoms with E-state index in [-0.39, 0.29) is 10.6 Å². The first-order valence-electron chi connectivity index (χ1n) is 5.78. The van der Waals surface area contributed by atoms with Gasteiger partial charge in [-0.2, -0.15) is 0 Å². The first kappa shape index (κ1) is 17.0. The van der Waals surface area contributed by atoms with Crippen molar-refractivity contribution in [3.8, 4) is 0 Å². The van der Waals surface area contributed by atoms with Gasteiger partial charge in [0, 0.05) is 18.7 Å². The van der Waals surface area contributed by atoms with Crippen LogP contribution in [0.1, 0.15) is 12.0 Å². The van der Waals surface area contributed by atoms with Gasteiger partial charge in [0.25, 0.3) is 5.69 Å². The number of nitrogens with zero attached hydrogens (tertiary/aromatic N) is 1. The lowest BCUT2D eigenvalue weighted by Gasteiger charge is -2.12. The normalized spacial score (nSPS) is 12.9. The molecule has 0 spiro atoms. The molecule has 0 aliphatic rings. The van der Waals surface area contributed by atoms with Crippen LogP contribution >= 0.6 is 0 Å². The van der Waals surface area contributed by atoms with E-state index in [9.17, 15) is 28.4 Å². The van der Waals surface area contributed by atoms with Crippen LogP contribution in [0.5, 0.6) is 0 Å². The highest BCUT2D eigenvalue weighted by Crippen LogP contribution is 2.21. The van der Waals surface area contributed by atoms with Gasteiger partial charge in [-0.05, 0) is 12.5 Å². The van der Waals surface area contributed by atoms with Crippen molar-refractivity contribution in [1.82, 2.24) is 4.72 Å². The quantitative estimate of drug-likeness (QED) is 0.474. The molecule has 0 aliphatic heterocycles. The Hall–Kier alpha value is -2.04. The Balaban J connectivity index is 2.95. The van der Waals surface area contributed by atoms with Gasteiger partial charge in [0.05, 0.1) is 22.3 Å². The van der Waals surface area contributed by atoms with Crippen LogP contribution in [-0.4, -0.2) is 42.2 Å². The molecule has 0 aromatic heterocycles. The molecule has 1 aromatic carbocycles. The summed E-state index contributed by atoms with van der Waals surface area (Å²) < 4.78 is 26.1. The van der Waals surface area contributed by atoms with Crippen LogP contribution in [0, 0.1) is 17.0 Å². The average Bonchev–Trinajstić information content (AvgIpc) is 2.35. The molecule has 0 bridgehead atoms. The second-order valence-corrected chi connectivity index (χ2v) is 6.05. The highest BCUT2D eigenvalue weighted by Gasteiger charge is 2.21. The standard InChI is InChI=1S/C11H14N2O7S/c1-7-2-3-8(13(17)18)4-10(7)21(19,20)12-6-9(14)5-11(15)16/h2-4,9,12,14H,5-6H2,1H3,(H,15,16)/t9-/m0/s1. The van der Waals surface area contributed by atoms with Gasteiger partial charge in [0.2, 0.25) is 10.0 Å². The number of carboxylic acid groups (broad SMARTS) is 1. The molecule has 0 saturated heterocycles.